The first-order valence-electron chi connectivity index (χ1n) is 7.44. The van der Waals surface area contributed by atoms with Gasteiger partial charge in [0.1, 0.15) is 0 Å². The molecule has 0 spiro atoms. The van der Waals surface area contributed by atoms with Crippen molar-refractivity contribution in [1.82, 2.24) is 10.2 Å². The summed E-state index contributed by atoms with van der Waals surface area (Å²) in [6.07, 6.45) is 2.88. The third-order valence-corrected chi connectivity index (χ3v) is 3.86. The van der Waals surface area contributed by atoms with E-state index in [0.29, 0.717) is 22.8 Å². The molecule has 3 rings (SSSR count). The molecule has 24 heavy (non-hydrogen) atoms. The number of nitrogens with zero attached hydrogens (tertiary/aromatic N) is 1. The molecule has 0 saturated carbocycles. The summed E-state index contributed by atoms with van der Waals surface area (Å²) in [4.78, 5) is 25.9. The summed E-state index contributed by atoms with van der Waals surface area (Å²) in [7, 11) is 0. The van der Waals surface area contributed by atoms with Crippen LogP contribution in [0, 0.1) is 0 Å². The predicted molar refractivity (Wildman–Crippen MR) is 93.3 cm³/mol. The summed E-state index contributed by atoms with van der Waals surface area (Å²) in [5.41, 5.74) is 1.83. The Bertz CT molecular complexity index is 814. The lowest BCUT2D eigenvalue weighted by atomic mass is 10.1. The summed E-state index contributed by atoms with van der Waals surface area (Å²) < 4.78 is 0. The molecule has 1 aliphatic rings. The fourth-order valence-corrected chi connectivity index (χ4v) is 2.55. The minimum absolute atomic E-state index is 0.214. The van der Waals surface area contributed by atoms with E-state index in [1.54, 1.807) is 24.3 Å². The van der Waals surface area contributed by atoms with Crippen LogP contribution in [0.3, 0.4) is 0 Å². The lowest BCUT2D eigenvalue weighted by molar-refractivity contribution is 0.104. The number of nitrogens with one attached hydrogen (secondary N) is 1. The van der Waals surface area contributed by atoms with Crippen molar-refractivity contribution in [2.75, 3.05) is 0 Å². The molecule has 2 aromatic rings. The highest BCUT2D eigenvalue weighted by Gasteiger charge is 2.22. The first kappa shape index (κ1) is 16.0. The number of carbonyl (C=O) groups excluding carboxylic acids is 2. The van der Waals surface area contributed by atoms with Crippen molar-refractivity contribution in [2.45, 2.75) is 6.54 Å². The fourth-order valence-electron chi connectivity index (χ4n) is 2.33. The van der Waals surface area contributed by atoms with Gasteiger partial charge in [0.25, 0.3) is 0 Å². The van der Waals surface area contributed by atoms with Gasteiger partial charge in [0.15, 0.2) is 5.78 Å². The maximum atomic E-state index is 12.2. The SMILES string of the molecule is O=C(C=C1NC(=O)N(Cc2ccccc2)C=C1Cl)c1ccccc1. The standard InChI is InChI=1S/C19H15ClN2O2/c20-16-13-22(12-14-7-3-1-4-8-14)19(24)21-17(16)11-18(23)15-9-5-2-6-10-15/h1-11,13H,12H2,(H,21,24). The van der Waals surface area contributed by atoms with Gasteiger partial charge in [-0.25, -0.2) is 4.79 Å². The number of carbonyl (C=O) groups is 2. The lowest BCUT2D eigenvalue weighted by Crippen LogP contribution is -2.39. The molecule has 0 fully saturated rings. The first-order valence-corrected chi connectivity index (χ1v) is 7.81. The smallest absolute Gasteiger partial charge is 0.306 e. The van der Waals surface area contributed by atoms with E-state index >= 15 is 0 Å². The van der Waals surface area contributed by atoms with Crippen LogP contribution < -0.4 is 5.32 Å². The van der Waals surface area contributed by atoms with E-state index in [2.05, 4.69) is 5.32 Å². The van der Waals surface area contributed by atoms with Gasteiger partial charge in [-0.1, -0.05) is 72.3 Å². The van der Waals surface area contributed by atoms with Gasteiger partial charge in [0.05, 0.1) is 17.3 Å². The number of rotatable bonds is 4. The van der Waals surface area contributed by atoms with Gasteiger partial charge in [-0.15, -0.1) is 0 Å². The number of ketones is 1. The average Bonchev–Trinajstić information content (AvgIpc) is 2.61. The Morgan fingerprint density at radius 2 is 1.67 bits per heavy atom. The summed E-state index contributed by atoms with van der Waals surface area (Å²) in [5.74, 6) is -0.214. The number of amides is 2. The molecule has 120 valence electrons. The molecule has 0 atom stereocenters. The van der Waals surface area contributed by atoms with Crippen LogP contribution in [0.15, 0.2) is 83.7 Å². The van der Waals surface area contributed by atoms with Crippen molar-refractivity contribution in [3.63, 3.8) is 0 Å². The molecule has 0 aromatic heterocycles. The molecule has 1 heterocycles. The zero-order chi connectivity index (χ0) is 16.9. The van der Waals surface area contributed by atoms with Crippen LogP contribution in [-0.4, -0.2) is 16.7 Å². The second kappa shape index (κ2) is 7.15. The molecule has 5 heteroatoms. The third kappa shape index (κ3) is 3.73. The third-order valence-electron chi connectivity index (χ3n) is 3.56. The van der Waals surface area contributed by atoms with Gasteiger partial charge in [0, 0.05) is 17.8 Å². The summed E-state index contributed by atoms with van der Waals surface area (Å²) in [6, 6.07) is 18.1. The topological polar surface area (TPSA) is 49.4 Å². The molecular formula is C19H15ClN2O2. The highest BCUT2D eigenvalue weighted by atomic mass is 35.5. The normalized spacial score (nSPS) is 15.9. The monoisotopic (exact) mass is 338 g/mol. The minimum atomic E-state index is -0.324. The van der Waals surface area contributed by atoms with Crippen LogP contribution in [0.25, 0.3) is 0 Å². The van der Waals surface area contributed by atoms with E-state index < -0.39 is 0 Å². The summed E-state index contributed by atoms with van der Waals surface area (Å²) in [5, 5.41) is 2.98. The van der Waals surface area contributed by atoms with Gasteiger partial charge in [-0.2, -0.15) is 0 Å². The van der Waals surface area contributed by atoms with Crippen LogP contribution >= 0.6 is 11.6 Å². The largest absolute Gasteiger partial charge is 0.326 e. The minimum Gasteiger partial charge on any atom is -0.306 e. The number of urea groups is 1. The van der Waals surface area contributed by atoms with Gasteiger partial charge >= 0.3 is 6.03 Å². The molecule has 1 aliphatic heterocycles. The molecule has 0 radical (unpaired) electrons. The van der Waals surface area contributed by atoms with Crippen LogP contribution in [0.2, 0.25) is 0 Å². The van der Waals surface area contributed by atoms with Crippen molar-refractivity contribution in [2.24, 2.45) is 0 Å². The van der Waals surface area contributed by atoms with Gasteiger partial charge < -0.3 is 5.32 Å². The Morgan fingerprint density at radius 3 is 2.33 bits per heavy atom. The number of hydrogen-bond acceptors (Lipinski definition) is 2. The Labute approximate surface area is 145 Å². The summed E-state index contributed by atoms with van der Waals surface area (Å²) >= 11 is 6.22. The zero-order valence-electron chi connectivity index (χ0n) is 12.8. The molecule has 2 aromatic carbocycles. The van der Waals surface area contributed by atoms with E-state index in [1.807, 2.05) is 36.4 Å². The number of allylic oxidation sites excluding steroid dienone is 2. The van der Waals surface area contributed by atoms with Crippen LogP contribution in [0.5, 0.6) is 0 Å². The van der Waals surface area contributed by atoms with Crippen LogP contribution in [0.1, 0.15) is 15.9 Å². The highest BCUT2D eigenvalue weighted by Crippen LogP contribution is 2.21. The Kier molecular flexibility index (Phi) is 4.77. The van der Waals surface area contributed by atoms with Crippen molar-refractivity contribution in [3.8, 4) is 0 Å². The van der Waals surface area contributed by atoms with Crippen molar-refractivity contribution in [3.05, 3.63) is 94.8 Å². The number of benzene rings is 2. The Hall–Kier alpha value is -2.85. The van der Waals surface area contributed by atoms with Crippen molar-refractivity contribution < 1.29 is 9.59 Å². The second-order valence-electron chi connectivity index (χ2n) is 5.31. The molecule has 0 unspecified atom stereocenters. The summed E-state index contributed by atoms with van der Waals surface area (Å²) in [6.45, 7) is 0.406. The van der Waals surface area contributed by atoms with E-state index in [0.717, 1.165) is 5.56 Å². The van der Waals surface area contributed by atoms with Gasteiger partial charge in [-0.3, -0.25) is 9.69 Å². The van der Waals surface area contributed by atoms with Gasteiger partial charge in [-0.05, 0) is 5.56 Å². The first-order chi connectivity index (χ1) is 11.6. The lowest BCUT2D eigenvalue weighted by Gasteiger charge is -2.25. The Balaban J connectivity index is 1.79. The quantitative estimate of drug-likeness (QED) is 0.675. The van der Waals surface area contributed by atoms with Crippen LogP contribution in [-0.2, 0) is 6.54 Å². The molecule has 0 aliphatic carbocycles. The predicted octanol–water partition coefficient (Wildman–Crippen LogP) is 4.06. The number of hydrogen-bond donors (Lipinski definition) is 1. The van der Waals surface area contributed by atoms with E-state index in [1.165, 1.54) is 17.2 Å². The maximum absolute atomic E-state index is 12.2. The number of halogens is 1. The molecule has 0 saturated heterocycles. The van der Waals surface area contributed by atoms with Gasteiger partial charge in [0.2, 0.25) is 0 Å². The fraction of sp³-hybridized carbons (Fsp3) is 0.0526. The molecule has 1 N–H and O–H groups in total. The average molecular weight is 339 g/mol. The second-order valence-corrected chi connectivity index (χ2v) is 5.72. The molecule has 0 bridgehead atoms. The zero-order valence-corrected chi connectivity index (χ0v) is 13.5. The Morgan fingerprint density at radius 1 is 1.04 bits per heavy atom. The van der Waals surface area contributed by atoms with Crippen molar-refractivity contribution >= 4 is 23.4 Å². The van der Waals surface area contributed by atoms with E-state index in [-0.39, 0.29) is 11.8 Å². The molecular weight excluding hydrogens is 324 g/mol. The van der Waals surface area contributed by atoms with E-state index in [9.17, 15) is 9.59 Å². The molecule has 4 nitrogen and oxygen atoms in total. The maximum Gasteiger partial charge on any atom is 0.326 e. The van der Waals surface area contributed by atoms with E-state index in [4.69, 9.17) is 11.6 Å². The van der Waals surface area contributed by atoms with Crippen molar-refractivity contribution in [1.29, 1.82) is 0 Å². The highest BCUT2D eigenvalue weighted by molar-refractivity contribution is 6.33. The van der Waals surface area contributed by atoms with Crippen LogP contribution in [0.4, 0.5) is 4.79 Å². The molecule has 2 amide bonds.